The summed E-state index contributed by atoms with van der Waals surface area (Å²) in [5, 5.41) is 3.92. The second-order valence-electron chi connectivity index (χ2n) is 4.37. The zero-order valence-corrected chi connectivity index (χ0v) is 12.9. The molecule has 1 aromatic carbocycles. The molecular formula is C15H14Cl2N2O2. The van der Waals surface area contributed by atoms with Crippen LogP contribution in [0.4, 0.5) is 5.69 Å². The molecule has 0 atom stereocenters. The minimum absolute atomic E-state index is 0.104. The van der Waals surface area contributed by atoms with E-state index in [9.17, 15) is 4.79 Å². The zero-order chi connectivity index (χ0) is 15.2. The highest BCUT2D eigenvalue weighted by molar-refractivity contribution is 6.35. The van der Waals surface area contributed by atoms with Gasteiger partial charge in [-0.2, -0.15) is 0 Å². The molecule has 2 rings (SSSR count). The Morgan fingerprint density at radius 3 is 2.71 bits per heavy atom. The standard InChI is InChI=1S/C15H14Cl2N2O2/c1-21-15-7-5-12(9-18-15)19-14(20)6-3-10-2-4-11(16)8-13(10)17/h2,4-5,7-9H,3,6H2,1H3,(H,19,20). The number of halogens is 2. The van der Waals surface area contributed by atoms with Gasteiger partial charge in [0.15, 0.2) is 0 Å². The van der Waals surface area contributed by atoms with E-state index in [-0.39, 0.29) is 5.91 Å². The van der Waals surface area contributed by atoms with Crippen molar-refractivity contribution in [3.8, 4) is 5.88 Å². The number of methoxy groups -OCH3 is 1. The minimum atomic E-state index is -0.104. The molecule has 0 saturated heterocycles. The van der Waals surface area contributed by atoms with E-state index < -0.39 is 0 Å². The second-order valence-corrected chi connectivity index (χ2v) is 5.22. The lowest BCUT2D eigenvalue weighted by Gasteiger charge is -2.07. The van der Waals surface area contributed by atoms with Crippen LogP contribution >= 0.6 is 23.2 Å². The Kier molecular flexibility index (Phi) is 5.42. The Labute approximate surface area is 133 Å². The van der Waals surface area contributed by atoms with Crippen LogP contribution in [0.3, 0.4) is 0 Å². The Morgan fingerprint density at radius 2 is 2.10 bits per heavy atom. The fraction of sp³-hybridized carbons (Fsp3) is 0.200. The third-order valence-electron chi connectivity index (χ3n) is 2.87. The first-order chi connectivity index (χ1) is 10.1. The summed E-state index contributed by atoms with van der Waals surface area (Å²) < 4.78 is 4.95. The van der Waals surface area contributed by atoms with E-state index in [1.54, 1.807) is 30.5 Å². The smallest absolute Gasteiger partial charge is 0.224 e. The highest BCUT2D eigenvalue weighted by Crippen LogP contribution is 2.22. The van der Waals surface area contributed by atoms with Gasteiger partial charge in [-0.3, -0.25) is 4.79 Å². The quantitative estimate of drug-likeness (QED) is 0.905. The van der Waals surface area contributed by atoms with Crippen molar-refractivity contribution in [2.75, 3.05) is 12.4 Å². The van der Waals surface area contributed by atoms with Crippen LogP contribution in [-0.4, -0.2) is 18.0 Å². The van der Waals surface area contributed by atoms with Crippen molar-refractivity contribution < 1.29 is 9.53 Å². The Balaban J connectivity index is 1.89. The number of rotatable bonds is 5. The number of pyridine rings is 1. The maximum atomic E-state index is 11.9. The summed E-state index contributed by atoms with van der Waals surface area (Å²) in [6.45, 7) is 0. The molecule has 0 aliphatic carbocycles. The van der Waals surface area contributed by atoms with E-state index in [1.165, 1.54) is 7.11 Å². The van der Waals surface area contributed by atoms with Gasteiger partial charge in [0.1, 0.15) is 0 Å². The highest BCUT2D eigenvalue weighted by atomic mass is 35.5. The molecule has 1 N–H and O–H groups in total. The molecule has 110 valence electrons. The molecule has 0 spiro atoms. The number of carbonyl (C=O) groups excluding carboxylic acids is 1. The number of aromatic nitrogens is 1. The lowest BCUT2D eigenvalue weighted by atomic mass is 10.1. The molecule has 0 aliphatic rings. The van der Waals surface area contributed by atoms with E-state index in [2.05, 4.69) is 10.3 Å². The van der Waals surface area contributed by atoms with Crippen LogP contribution in [0.2, 0.25) is 10.0 Å². The molecule has 6 heteroatoms. The number of amides is 1. The number of carbonyl (C=O) groups is 1. The van der Waals surface area contributed by atoms with E-state index in [0.717, 1.165) is 5.56 Å². The lowest BCUT2D eigenvalue weighted by Crippen LogP contribution is -2.12. The van der Waals surface area contributed by atoms with Gasteiger partial charge in [-0.1, -0.05) is 29.3 Å². The van der Waals surface area contributed by atoms with Gasteiger partial charge in [-0.25, -0.2) is 4.98 Å². The first-order valence-corrected chi connectivity index (χ1v) is 7.08. The molecule has 1 amide bonds. The van der Waals surface area contributed by atoms with Crippen molar-refractivity contribution >= 4 is 34.8 Å². The van der Waals surface area contributed by atoms with E-state index in [1.807, 2.05) is 6.07 Å². The van der Waals surface area contributed by atoms with Crippen molar-refractivity contribution in [3.05, 3.63) is 52.1 Å². The number of hydrogen-bond donors (Lipinski definition) is 1. The van der Waals surface area contributed by atoms with Crippen molar-refractivity contribution in [2.24, 2.45) is 0 Å². The third kappa shape index (κ3) is 4.62. The van der Waals surface area contributed by atoms with Gasteiger partial charge < -0.3 is 10.1 Å². The monoisotopic (exact) mass is 324 g/mol. The fourth-order valence-electron chi connectivity index (χ4n) is 1.77. The Bertz CT molecular complexity index is 630. The molecule has 0 fully saturated rings. The van der Waals surface area contributed by atoms with Gasteiger partial charge >= 0.3 is 0 Å². The average Bonchev–Trinajstić information content (AvgIpc) is 2.47. The van der Waals surface area contributed by atoms with Crippen LogP contribution in [0, 0.1) is 0 Å². The summed E-state index contributed by atoms with van der Waals surface area (Å²) in [7, 11) is 1.54. The lowest BCUT2D eigenvalue weighted by molar-refractivity contribution is -0.116. The number of nitrogens with one attached hydrogen (secondary N) is 1. The first-order valence-electron chi connectivity index (χ1n) is 6.32. The van der Waals surface area contributed by atoms with Gasteiger partial charge in [-0.15, -0.1) is 0 Å². The molecule has 1 heterocycles. The fourth-order valence-corrected chi connectivity index (χ4v) is 2.27. The normalized spacial score (nSPS) is 10.2. The maximum absolute atomic E-state index is 11.9. The predicted octanol–water partition coefficient (Wildman–Crippen LogP) is 3.97. The summed E-state index contributed by atoms with van der Waals surface area (Å²) >= 11 is 11.9. The van der Waals surface area contributed by atoms with Crippen molar-refractivity contribution in [2.45, 2.75) is 12.8 Å². The predicted molar refractivity (Wildman–Crippen MR) is 84.2 cm³/mol. The van der Waals surface area contributed by atoms with E-state index >= 15 is 0 Å². The number of benzene rings is 1. The van der Waals surface area contributed by atoms with Gasteiger partial charge in [0.25, 0.3) is 0 Å². The molecule has 4 nitrogen and oxygen atoms in total. The molecular weight excluding hydrogens is 311 g/mol. The first kappa shape index (κ1) is 15.6. The van der Waals surface area contributed by atoms with E-state index in [0.29, 0.717) is 34.5 Å². The van der Waals surface area contributed by atoms with Crippen molar-refractivity contribution in [1.29, 1.82) is 0 Å². The van der Waals surface area contributed by atoms with Crippen molar-refractivity contribution in [1.82, 2.24) is 4.98 Å². The van der Waals surface area contributed by atoms with Gasteiger partial charge in [-0.05, 0) is 30.2 Å². The van der Waals surface area contributed by atoms with Crippen LogP contribution in [0.15, 0.2) is 36.5 Å². The van der Waals surface area contributed by atoms with Crippen LogP contribution in [0.1, 0.15) is 12.0 Å². The molecule has 0 saturated carbocycles. The number of nitrogens with zero attached hydrogens (tertiary/aromatic N) is 1. The zero-order valence-electron chi connectivity index (χ0n) is 11.4. The van der Waals surface area contributed by atoms with Crippen molar-refractivity contribution in [3.63, 3.8) is 0 Å². The molecule has 0 unspecified atom stereocenters. The summed E-state index contributed by atoms with van der Waals surface area (Å²) in [5.41, 5.74) is 1.52. The largest absolute Gasteiger partial charge is 0.481 e. The molecule has 21 heavy (non-hydrogen) atoms. The molecule has 0 aliphatic heterocycles. The average molecular weight is 325 g/mol. The Morgan fingerprint density at radius 1 is 1.29 bits per heavy atom. The van der Waals surface area contributed by atoms with E-state index in [4.69, 9.17) is 27.9 Å². The third-order valence-corrected chi connectivity index (χ3v) is 3.45. The summed E-state index contributed by atoms with van der Waals surface area (Å²) in [5.74, 6) is 0.397. The van der Waals surface area contributed by atoms with Gasteiger partial charge in [0, 0.05) is 22.5 Å². The van der Waals surface area contributed by atoms with Crippen LogP contribution in [0.25, 0.3) is 0 Å². The minimum Gasteiger partial charge on any atom is -0.481 e. The summed E-state index contributed by atoms with van der Waals surface area (Å²) in [6.07, 6.45) is 2.42. The number of hydrogen-bond acceptors (Lipinski definition) is 3. The topological polar surface area (TPSA) is 51.2 Å². The summed E-state index contributed by atoms with van der Waals surface area (Å²) in [6, 6.07) is 8.68. The van der Waals surface area contributed by atoms with Crippen LogP contribution < -0.4 is 10.1 Å². The SMILES string of the molecule is COc1ccc(NC(=O)CCc2ccc(Cl)cc2Cl)cn1. The second kappa shape index (κ2) is 7.29. The molecule has 0 radical (unpaired) electrons. The highest BCUT2D eigenvalue weighted by Gasteiger charge is 2.07. The van der Waals surface area contributed by atoms with Gasteiger partial charge in [0.05, 0.1) is 19.0 Å². The molecule has 2 aromatic rings. The Hall–Kier alpha value is -1.78. The molecule has 0 bridgehead atoms. The number of ether oxygens (including phenoxy) is 1. The van der Waals surface area contributed by atoms with Crippen LogP contribution in [-0.2, 0) is 11.2 Å². The van der Waals surface area contributed by atoms with Gasteiger partial charge in [0.2, 0.25) is 11.8 Å². The molecule has 1 aromatic heterocycles. The maximum Gasteiger partial charge on any atom is 0.224 e. The summed E-state index contributed by atoms with van der Waals surface area (Å²) in [4.78, 5) is 15.9. The number of aryl methyl sites for hydroxylation is 1. The van der Waals surface area contributed by atoms with Crippen LogP contribution in [0.5, 0.6) is 5.88 Å². The number of anilines is 1.